The molecule has 1 aromatic heterocycles. The number of carbonyl (C=O) groups excluding carboxylic acids is 1. The van der Waals surface area contributed by atoms with Gasteiger partial charge in [-0.1, -0.05) is 12.1 Å². The number of aryl methyl sites for hydroxylation is 1. The van der Waals surface area contributed by atoms with Gasteiger partial charge in [0.2, 0.25) is 10.0 Å². The molecule has 6 nitrogen and oxygen atoms in total. The first-order valence-electron chi connectivity index (χ1n) is 8.33. The fourth-order valence-corrected chi connectivity index (χ4v) is 4.62. The van der Waals surface area contributed by atoms with Crippen molar-refractivity contribution >= 4 is 21.6 Å². The molecule has 3 rings (SSSR count). The van der Waals surface area contributed by atoms with Gasteiger partial charge >= 0.3 is 0 Å². The molecular weight excluding hydrogens is 338 g/mol. The fourth-order valence-electron chi connectivity index (χ4n) is 3.05. The van der Waals surface area contributed by atoms with E-state index in [2.05, 4.69) is 5.32 Å². The van der Waals surface area contributed by atoms with Gasteiger partial charge in [0.15, 0.2) is 0 Å². The molecule has 2 heterocycles. The molecule has 1 fully saturated rings. The maximum Gasteiger partial charge on any atom is 0.268 e. The molecule has 2 aromatic rings. The van der Waals surface area contributed by atoms with Crippen LogP contribution < -0.4 is 9.62 Å². The Morgan fingerprint density at radius 3 is 2.36 bits per heavy atom. The van der Waals surface area contributed by atoms with E-state index in [4.69, 9.17) is 0 Å². The van der Waals surface area contributed by atoms with Gasteiger partial charge in [0.1, 0.15) is 5.69 Å². The number of nitrogens with one attached hydrogen (secondary N) is 1. The standard InChI is InChI=1S/C18H23N3O3S/c1-13-5-10-17(20(13)3)18(22)19-14(2)15-6-8-16(9-7-15)21-11-4-12-25(21,23)24/h5-10,14H,4,11-12H2,1-3H3,(H,19,22). The first-order chi connectivity index (χ1) is 11.8. The Hall–Kier alpha value is -2.28. The third-order valence-corrected chi connectivity index (χ3v) is 6.60. The minimum atomic E-state index is -3.17. The van der Waals surface area contributed by atoms with Crippen molar-refractivity contribution in [2.24, 2.45) is 7.05 Å². The lowest BCUT2D eigenvalue weighted by Gasteiger charge is -2.19. The molecule has 7 heteroatoms. The van der Waals surface area contributed by atoms with Crippen LogP contribution in [0.15, 0.2) is 36.4 Å². The lowest BCUT2D eigenvalue weighted by molar-refractivity contribution is 0.0931. The molecule has 0 saturated carbocycles. The van der Waals surface area contributed by atoms with E-state index in [1.807, 2.05) is 43.7 Å². The van der Waals surface area contributed by atoms with Gasteiger partial charge in [0, 0.05) is 19.3 Å². The van der Waals surface area contributed by atoms with E-state index in [-0.39, 0.29) is 17.7 Å². The number of carbonyl (C=O) groups is 1. The highest BCUT2D eigenvalue weighted by Crippen LogP contribution is 2.25. The average molecular weight is 361 g/mol. The number of aromatic nitrogens is 1. The van der Waals surface area contributed by atoms with Crippen LogP contribution in [0.5, 0.6) is 0 Å². The second-order valence-corrected chi connectivity index (χ2v) is 8.46. The van der Waals surface area contributed by atoms with Gasteiger partial charge in [-0.15, -0.1) is 0 Å². The van der Waals surface area contributed by atoms with Crippen molar-refractivity contribution in [3.05, 3.63) is 53.3 Å². The summed E-state index contributed by atoms with van der Waals surface area (Å²) in [5.41, 5.74) is 3.25. The summed E-state index contributed by atoms with van der Waals surface area (Å²) < 4.78 is 27.3. The molecule has 0 spiro atoms. The van der Waals surface area contributed by atoms with Crippen LogP contribution in [0.3, 0.4) is 0 Å². The molecule has 1 N–H and O–H groups in total. The molecule has 25 heavy (non-hydrogen) atoms. The summed E-state index contributed by atoms with van der Waals surface area (Å²) in [4.78, 5) is 12.4. The summed E-state index contributed by atoms with van der Waals surface area (Å²) in [6.45, 7) is 4.39. The first-order valence-corrected chi connectivity index (χ1v) is 9.94. The fraction of sp³-hybridized carbons (Fsp3) is 0.389. The lowest BCUT2D eigenvalue weighted by atomic mass is 10.1. The number of amides is 1. The zero-order valence-corrected chi connectivity index (χ0v) is 15.5. The molecular formula is C18H23N3O3S. The number of hydrogen-bond acceptors (Lipinski definition) is 3. The van der Waals surface area contributed by atoms with E-state index in [9.17, 15) is 13.2 Å². The minimum absolute atomic E-state index is 0.130. The Morgan fingerprint density at radius 2 is 1.84 bits per heavy atom. The van der Waals surface area contributed by atoms with Crippen molar-refractivity contribution in [3.8, 4) is 0 Å². The first kappa shape index (κ1) is 17.5. The summed E-state index contributed by atoms with van der Waals surface area (Å²) >= 11 is 0. The largest absolute Gasteiger partial charge is 0.344 e. The summed E-state index contributed by atoms with van der Waals surface area (Å²) in [5, 5.41) is 2.98. The van der Waals surface area contributed by atoms with Gasteiger partial charge < -0.3 is 9.88 Å². The van der Waals surface area contributed by atoms with Crippen LogP contribution in [0.4, 0.5) is 5.69 Å². The van der Waals surface area contributed by atoms with E-state index in [0.717, 1.165) is 11.3 Å². The smallest absolute Gasteiger partial charge is 0.268 e. The maximum atomic E-state index is 12.4. The normalized spacial score (nSPS) is 17.5. The van der Waals surface area contributed by atoms with Crippen LogP contribution in [0.1, 0.15) is 41.1 Å². The van der Waals surface area contributed by atoms with Crippen molar-refractivity contribution in [2.75, 3.05) is 16.6 Å². The Kier molecular flexibility index (Phi) is 4.60. The van der Waals surface area contributed by atoms with Crippen LogP contribution in [-0.2, 0) is 17.1 Å². The second-order valence-electron chi connectivity index (χ2n) is 6.45. The van der Waals surface area contributed by atoms with Crippen LogP contribution in [-0.4, -0.2) is 31.2 Å². The molecule has 1 amide bonds. The van der Waals surface area contributed by atoms with Crippen LogP contribution in [0, 0.1) is 6.92 Å². The highest BCUT2D eigenvalue weighted by atomic mass is 32.2. The number of nitrogens with zero attached hydrogens (tertiary/aromatic N) is 2. The Morgan fingerprint density at radius 1 is 1.16 bits per heavy atom. The summed E-state index contributed by atoms with van der Waals surface area (Å²) in [6.07, 6.45) is 0.659. The Labute approximate surface area is 148 Å². The molecule has 0 bridgehead atoms. The average Bonchev–Trinajstić information content (AvgIpc) is 3.09. The number of sulfonamides is 1. The van der Waals surface area contributed by atoms with Crippen molar-refractivity contribution in [1.29, 1.82) is 0 Å². The van der Waals surface area contributed by atoms with Gasteiger partial charge in [-0.3, -0.25) is 9.10 Å². The monoisotopic (exact) mass is 361 g/mol. The van der Waals surface area contributed by atoms with Crippen molar-refractivity contribution in [2.45, 2.75) is 26.3 Å². The molecule has 134 valence electrons. The van der Waals surface area contributed by atoms with Gasteiger partial charge in [-0.2, -0.15) is 0 Å². The third-order valence-electron chi connectivity index (χ3n) is 4.73. The topological polar surface area (TPSA) is 71.4 Å². The van der Waals surface area contributed by atoms with Crippen LogP contribution >= 0.6 is 0 Å². The zero-order valence-electron chi connectivity index (χ0n) is 14.7. The molecule has 0 radical (unpaired) electrons. The highest BCUT2D eigenvalue weighted by Gasteiger charge is 2.28. The number of hydrogen-bond donors (Lipinski definition) is 1. The molecule has 1 atom stereocenters. The van der Waals surface area contributed by atoms with E-state index in [1.165, 1.54) is 4.31 Å². The summed E-state index contributed by atoms with van der Waals surface area (Å²) in [7, 11) is -1.31. The van der Waals surface area contributed by atoms with E-state index in [1.54, 1.807) is 18.2 Å². The van der Waals surface area contributed by atoms with E-state index >= 15 is 0 Å². The SMILES string of the molecule is Cc1ccc(C(=O)NC(C)c2ccc(N3CCCS3(=O)=O)cc2)n1C. The molecule has 1 aromatic carbocycles. The molecule has 1 unspecified atom stereocenters. The van der Waals surface area contributed by atoms with Crippen molar-refractivity contribution < 1.29 is 13.2 Å². The summed E-state index contributed by atoms with van der Waals surface area (Å²) in [6, 6.07) is 10.9. The van der Waals surface area contributed by atoms with Crippen molar-refractivity contribution in [1.82, 2.24) is 9.88 Å². The van der Waals surface area contributed by atoms with Gasteiger partial charge in [-0.25, -0.2) is 8.42 Å². The Balaban J connectivity index is 1.72. The predicted molar refractivity (Wildman–Crippen MR) is 98.2 cm³/mol. The zero-order chi connectivity index (χ0) is 18.2. The third kappa shape index (κ3) is 3.42. The lowest BCUT2D eigenvalue weighted by Crippen LogP contribution is -2.28. The highest BCUT2D eigenvalue weighted by molar-refractivity contribution is 7.93. The van der Waals surface area contributed by atoms with Crippen molar-refractivity contribution in [3.63, 3.8) is 0 Å². The van der Waals surface area contributed by atoms with E-state index in [0.29, 0.717) is 24.3 Å². The maximum absolute atomic E-state index is 12.4. The van der Waals surface area contributed by atoms with Gasteiger partial charge in [0.05, 0.1) is 17.5 Å². The number of rotatable bonds is 4. The Bertz CT molecular complexity index is 885. The van der Waals surface area contributed by atoms with Gasteiger partial charge in [-0.05, 0) is 50.1 Å². The molecule has 1 saturated heterocycles. The molecule has 1 aliphatic rings. The second kappa shape index (κ2) is 6.55. The summed E-state index contributed by atoms with van der Waals surface area (Å²) in [5.74, 6) is 0.0754. The van der Waals surface area contributed by atoms with Crippen LogP contribution in [0.2, 0.25) is 0 Å². The number of anilines is 1. The quantitative estimate of drug-likeness (QED) is 0.909. The molecule has 1 aliphatic heterocycles. The van der Waals surface area contributed by atoms with Gasteiger partial charge in [0.25, 0.3) is 5.91 Å². The predicted octanol–water partition coefficient (Wildman–Crippen LogP) is 2.36. The molecule has 0 aliphatic carbocycles. The minimum Gasteiger partial charge on any atom is -0.344 e. The number of benzene rings is 1. The van der Waals surface area contributed by atoms with E-state index < -0.39 is 10.0 Å². The van der Waals surface area contributed by atoms with Crippen LogP contribution in [0.25, 0.3) is 0 Å².